The summed E-state index contributed by atoms with van der Waals surface area (Å²) in [6, 6.07) is 57.2. The Balaban J connectivity index is 1.17. The molecule has 0 aliphatic heterocycles. The van der Waals surface area contributed by atoms with Crippen molar-refractivity contribution in [3.63, 3.8) is 0 Å². The summed E-state index contributed by atoms with van der Waals surface area (Å²) in [5, 5.41) is 6.25. The molecule has 11 rings (SSSR count). The van der Waals surface area contributed by atoms with Gasteiger partial charge in [-0.25, -0.2) is 9.97 Å². The van der Waals surface area contributed by atoms with Gasteiger partial charge in [-0.1, -0.05) is 127 Å². The molecule has 10 aromatic rings. The van der Waals surface area contributed by atoms with Crippen LogP contribution in [-0.2, 0) is 6.42 Å². The van der Waals surface area contributed by atoms with Gasteiger partial charge < -0.3 is 0 Å². The third-order valence-corrected chi connectivity index (χ3v) is 13.2. The van der Waals surface area contributed by atoms with Gasteiger partial charge in [0.25, 0.3) is 0 Å². The molecule has 54 heavy (non-hydrogen) atoms. The van der Waals surface area contributed by atoms with Crippen molar-refractivity contribution in [2.75, 3.05) is 0 Å². The number of thiophene rings is 2. The molecule has 0 spiro atoms. The first-order valence-corrected chi connectivity index (χ1v) is 20.1. The molecule has 0 unspecified atom stereocenters. The summed E-state index contributed by atoms with van der Waals surface area (Å²) in [6.45, 7) is 0. The molecule has 0 amide bonds. The SMILES string of the molecule is C1=Cc2c(sc3ccc(-c4ccc(-c5ccc6sc7ccccc7c6c5)cc4-c4cc(-c5ccccc5)nc(-c5cccc6ccccc56)n4)cc23)CC1. The lowest BCUT2D eigenvalue weighted by atomic mass is 9.91. The molecule has 4 heteroatoms. The Morgan fingerprint density at radius 2 is 1.13 bits per heavy atom. The van der Waals surface area contributed by atoms with Crippen LogP contribution in [0.25, 0.3) is 103 Å². The van der Waals surface area contributed by atoms with Gasteiger partial charge in [0, 0.05) is 51.8 Å². The molecule has 0 atom stereocenters. The van der Waals surface area contributed by atoms with Crippen molar-refractivity contribution in [1.82, 2.24) is 9.97 Å². The number of hydrogen-bond donors (Lipinski definition) is 0. The summed E-state index contributed by atoms with van der Waals surface area (Å²) in [4.78, 5) is 12.2. The molecule has 0 N–H and O–H groups in total. The monoisotopic (exact) mass is 724 g/mol. The fourth-order valence-corrected chi connectivity index (χ4v) is 10.4. The Kier molecular flexibility index (Phi) is 7.39. The lowest BCUT2D eigenvalue weighted by molar-refractivity contribution is 1.02. The molecule has 0 saturated carbocycles. The minimum Gasteiger partial charge on any atom is -0.228 e. The Morgan fingerprint density at radius 3 is 2.06 bits per heavy atom. The first kappa shape index (κ1) is 31.3. The van der Waals surface area contributed by atoms with Gasteiger partial charge in [0.15, 0.2) is 5.82 Å². The van der Waals surface area contributed by atoms with Crippen LogP contribution in [0.15, 0.2) is 164 Å². The van der Waals surface area contributed by atoms with Gasteiger partial charge in [-0.2, -0.15) is 0 Å². The first-order valence-electron chi connectivity index (χ1n) is 18.4. The third-order valence-electron chi connectivity index (χ3n) is 10.8. The van der Waals surface area contributed by atoms with Crippen molar-refractivity contribution >= 4 is 69.8 Å². The molecule has 1 aliphatic rings. The number of aromatic nitrogens is 2. The van der Waals surface area contributed by atoms with Crippen LogP contribution < -0.4 is 0 Å². The van der Waals surface area contributed by atoms with Gasteiger partial charge in [0.1, 0.15) is 0 Å². The number of fused-ring (bicyclic) bond motifs is 7. The Hall–Kier alpha value is -6.20. The summed E-state index contributed by atoms with van der Waals surface area (Å²) in [7, 11) is 0. The van der Waals surface area contributed by atoms with E-state index in [0.29, 0.717) is 0 Å². The molecule has 3 heterocycles. The maximum atomic E-state index is 5.46. The van der Waals surface area contributed by atoms with E-state index in [-0.39, 0.29) is 0 Å². The first-order chi connectivity index (χ1) is 26.7. The normalized spacial score (nSPS) is 12.6. The van der Waals surface area contributed by atoms with E-state index >= 15 is 0 Å². The molecule has 3 aromatic heterocycles. The molecular weight excluding hydrogens is 693 g/mol. The lowest BCUT2D eigenvalue weighted by Gasteiger charge is -2.16. The molecular formula is C50H32N2S2. The predicted octanol–water partition coefficient (Wildman–Crippen LogP) is 14.5. The highest BCUT2D eigenvalue weighted by atomic mass is 32.1. The zero-order valence-electron chi connectivity index (χ0n) is 29.3. The maximum Gasteiger partial charge on any atom is 0.161 e. The van der Waals surface area contributed by atoms with E-state index in [4.69, 9.17) is 9.97 Å². The van der Waals surface area contributed by atoms with Gasteiger partial charge in [-0.3, -0.25) is 0 Å². The smallest absolute Gasteiger partial charge is 0.161 e. The summed E-state index contributed by atoms with van der Waals surface area (Å²) in [6.07, 6.45) is 6.87. The highest BCUT2D eigenvalue weighted by Gasteiger charge is 2.19. The van der Waals surface area contributed by atoms with Crippen LogP contribution in [0.3, 0.4) is 0 Å². The van der Waals surface area contributed by atoms with Crippen molar-refractivity contribution in [2.24, 2.45) is 0 Å². The number of benzene rings is 7. The van der Waals surface area contributed by atoms with Crippen molar-refractivity contribution in [3.8, 4) is 56.2 Å². The molecule has 0 saturated heterocycles. The molecule has 0 bridgehead atoms. The zero-order chi connectivity index (χ0) is 35.6. The minimum atomic E-state index is 0.721. The fourth-order valence-electron chi connectivity index (χ4n) is 8.09. The average molecular weight is 725 g/mol. The van der Waals surface area contributed by atoms with E-state index in [2.05, 4.69) is 170 Å². The van der Waals surface area contributed by atoms with Gasteiger partial charge in [0.05, 0.1) is 11.4 Å². The van der Waals surface area contributed by atoms with Crippen molar-refractivity contribution in [2.45, 2.75) is 12.8 Å². The van der Waals surface area contributed by atoms with Gasteiger partial charge >= 0.3 is 0 Å². The van der Waals surface area contributed by atoms with E-state index in [1.165, 1.54) is 57.2 Å². The highest BCUT2D eigenvalue weighted by Crippen LogP contribution is 2.43. The van der Waals surface area contributed by atoms with Crippen LogP contribution in [-0.4, -0.2) is 9.97 Å². The summed E-state index contributed by atoms with van der Waals surface area (Å²) in [5.74, 6) is 0.721. The van der Waals surface area contributed by atoms with Gasteiger partial charge in [-0.15, -0.1) is 22.7 Å². The Morgan fingerprint density at radius 1 is 0.426 bits per heavy atom. The quantitative estimate of drug-likeness (QED) is 0.177. The Labute approximate surface area is 321 Å². The van der Waals surface area contributed by atoms with E-state index < -0.39 is 0 Å². The van der Waals surface area contributed by atoms with Gasteiger partial charge in [-0.05, 0) is 93.9 Å². The highest BCUT2D eigenvalue weighted by molar-refractivity contribution is 7.25. The van der Waals surface area contributed by atoms with Crippen LogP contribution in [0.4, 0.5) is 0 Å². The maximum absolute atomic E-state index is 5.46. The van der Waals surface area contributed by atoms with Crippen LogP contribution in [0.5, 0.6) is 0 Å². The molecule has 2 nitrogen and oxygen atoms in total. The van der Waals surface area contributed by atoms with Crippen molar-refractivity contribution in [3.05, 3.63) is 174 Å². The standard InChI is InChI=1S/C50H32N2S2/c1-2-12-32(13-3-1)44-30-45(52-50(51-44)40-18-10-14-31-11-4-5-15-36(31)40)41-27-33(34-22-25-48-42(28-34)38-16-6-8-19-46(38)53-48)21-24-37(41)35-23-26-49-43(29-35)39-17-7-9-20-47(39)54-49/h1-8,10-19,21-30H,9,20H2. The number of rotatable bonds is 5. The van der Waals surface area contributed by atoms with Gasteiger partial charge in [0.2, 0.25) is 0 Å². The third kappa shape index (κ3) is 5.29. The second-order valence-electron chi connectivity index (χ2n) is 14.0. The number of allylic oxidation sites excluding steroid dienone is 1. The van der Waals surface area contributed by atoms with E-state index in [0.717, 1.165) is 63.3 Å². The summed E-state index contributed by atoms with van der Waals surface area (Å²) in [5.41, 5.74) is 11.1. The average Bonchev–Trinajstić information content (AvgIpc) is 3.81. The summed E-state index contributed by atoms with van der Waals surface area (Å²) < 4.78 is 3.97. The van der Waals surface area contributed by atoms with Crippen LogP contribution >= 0.6 is 22.7 Å². The number of aryl methyl sites for hydroxylation is 1. The molecule has 0 radical (unpaired) electrons. The van der Waals surface area contributed by atoms with Crippen LogP contribution in [0, 0.1) is 0 Å². The Bertz CT molecular complexity index is 3110. The number of hydrogen-bond acceptors (Lipinski definition) is 4. The fraction of sp³-hybridized carbons (Fsp3) is 0.0400. The molecule has 254 valence electrons. The molecule has 1 aliphatic carbocycles. The molecule has 0 fully saturated rings. The van der Waals surface area contributed by atoms with E-state index in [9.17, 15) is 0 Å². The largest absolute Gasteiger partial charge is 0.228 e. The van der Waals surface area contributed by atoms with Crippen molar-refractivity contribution in [1.29, 1.82) is 0 Å². The van der Waals surface area contributed by atoms with Crippen LogP contribution in [0.1, 0.15) is 16.9 Å². The topological polar surface area (TPSA) is 25.8 Å². The van der Waals surface area contributed by atoms with E-state index in [1.54, 1.807) is 0 Å². The second kappa shape index (κ2) is 12.7. The lowest BCUT2D eigenvalue weighted by Crippen LogP contribution is -1.98. The second-order valence-corrected chi connectivity index (χ2v) is 16.2. The zero-order valence-corrected chi connectivity index (χ0v) is 30.9. The van der Waals surface area contributed by atoms with Crippen LogP contribution in [0.2, 0.25) is 0 Å². The van der Waals surface area contributed by atoms with Crippen molar-refractivity contribution < 1.29 is 0 Å². The minimum absolute atomic E-state index is 0.721. The van der Waals surface area contributed by atoms with E-state index in [1.807, 2.05) is 22.7 Å². The molecule has 7 aromatic carbocycles. The summed E-state index contributed by atoms with van der Waals surface area (Å²) >= 11 is 3.79. The predicted molar refractivity (Wildman–Crippen MR) is 232 cm³/mol. The number of nitrogens with zero attached hydrogens (tertiary/aromatic N) is 2.